The highest BCUT2D eigenvalue weighted by molar-refractivity contribution is 7.91. The number of thiophene rings is 1. The summed E-state index contributed by atoms with van der Waals surface area (Å²) >= 11 is 1.17. The van der Waals surface area contributed by atoms with Crippen LogP contribution in [0.3, 0.4) is 0 Å². The van der Waals surface area contributed by atoms with Crippen molar-refractivity contribution in [3.8, 4) is 0 Å². The van der Waals surface area contributed by atoms with Crippen LogP contribution in [-0.2, 0) is 14.8 Å². The zero-order valence-electron chi connectivity index (χ0n) is 13.9. The van der Waals surface area contributed by atoms with E-state index < -0.39 is 21.8 Å². The average molecular weight is 393 g/mol. The fourth-order valence-electron chi connectivity index (χ4n) is 2.91. The second kappa shape index (κ2) is 7.56. The lowest BCUT2D eigenvalue weighted by molar-refractivity contribution is -0.120. The van der Waals surface area contributed by atoms with E-state index in [-0.39, 0.29) is 16.7 Å². The van der Waals surface area contributed by atoms with Crippen molar-refractivity contribution < 1.29 is 18.0 Å². The predicted octanol–water partition coefficient (Wildman–Crippen LogP) is 1.89. The Bertz CT molecular complexity index is 910. The zero-order valence-corrected chi connectivity index (χ0v) is 15.6. The minimum Gasteiger partial charge on any atom is -0.366 e. The summed E-state index contributed by atoms with van der Waals surface area (Å²) in [4.78, 5) is 23.8. The second-order valence-corrected chi connectivity index (χ2v) is 9.18. The van der Waals surface area contributed by atoms with Crippen molar-refractivity contribution in [1.82, 2.24) is 4.31 Å². The molecule has 1 fully saturated rings. The number of amides is 2. The smallest absolute Gasteiger partial charge is 0.252 e. The molecule has 1 aliphatic rings. The Hall–Kier alpha value is -2.23. The number of hydrogen-bond acceptors (Lipinski definition) is 5. The van der Waals surface area contributed by atoms with E-state index in [9.17, 15) is 18.0 Å². The van der Waals surface area contributed by atoms with Crippen LogP contribution >= 0.6 is 11.3 Å². The third kappa shape index (κ3) is 3.95. The topological polar surface area (TPSA) is 110 Å². The molecule has 138 valence electrons. The van der Waals surface area contributed by atoms with Gasteiger partial charge in [-0.3, -0.25) is 9.59 Å². The van der Waals surface area contributed by atoms with Crippen LogP contribution in [0, 0.1) is 5.92 Å². The summed E-state index contributed by atoms with van der Waals surface area (Å²) in [7, 11) is -3.57. The van der Waals surface area contributed by atoms with Crippen molar-refractivity contribution in [1.29, 1.82) is 0 Å². The number of rotatable bonds is 5. The Morgan fingerprint density at radius 3 is 2.73 bits per heavy atom. The minimum absolute atomic E-state index is 0.140. The summed E-state index contributed by atoms with van der Waals surface area (Å²) < 4.78 is 26.9. The van der Waals surface area contributed by atoms with Gasteiger partial charge in [-0.05, 0) is 42.5 Å². The highest BCUT2D eigenvalue weighted by atomic mass is 32.2. The van der Waals surface area contributed by atoms with Crippen LogP contribution in [0.1, 0.15) is 23.2 Å². The van der Waals surface area contributed by atoms with Gasteiger partial charge >= 0.3 is 0 Å². The third-order valence-electron chi connectivity index (χ3n) is 4.26. The molecule has 0 aliphatic carbocycles. The largest absolute Gasteiger partial charge is 0.366 e. The van der Waals surface area contributed by atoms with Gasteiger partial charge in [-0.1, -0.05) is 12.1 Å². The summed E-state index contributed by atoms with van der Waals surface area (Å²) in [5.74, 6) is -1.29. The molecule has 9 heteroatoms. The Balaban J connectivity index is 1.70. The SMILES string of the molecule is NC(=O)c1cccc(NC(=O)[C@@H]2CCCN(S(=O)(=O)c3cccs3)C2)c1. The van der Waals surface area contributed by atoms with Gasteiger partial charge < -0.3 is 11.1 Å². The molecule has 1 saturated heterocycles. The first-order chi connectivity index (χ1) is 12.4. The number of nitrogens with two attached hydrogens (primary N) is 1. The number of sulfonamides is 1. The monoisotopic (exact) mass is 393 g/mol. The summed E-state index contributed by atoms with van der Waals surface area (Å²) in [5, 5.41) is 4.46. The summed E-state index contributed by atoms with van der Waals surface area (Å²) in [6.07, 6.45) is 1.22. The molecule has 1 aromatic heterocycles. The van der Waals surface area contributed by atoms with E-state index in [4.69, 9.17) is 5.73 Å². The maximum atomic E-state index is 12.6. The van der Waals surface area contributed by atoms with Crippen molar-refractivity contribution in [2.45, 2.75) is 17.1 Å². The molecule has 7 nitrogen and oxygen atoms in total. The molecule has 3 rings (SSSR count). The highest BCUT2D eigenvalue weighted by Gasteiger charge is 2.33. The van der Waals surface area contributed by atoms with Crippen molar-refractivity contribution in [2.24, 2.45) is 11.7 Å². The molecule has 0 unspecified atom stereocenters. The van der Waals surface area contributed by atoms with Crippen LogP contribution in [0.25, 0.3) is 0 Å². The molecule has 26 heavy (non-hydrogen) atoms. The van der Waals surface area contributed by atoms with Gasteiger partial charge in [0.1, 0.15) is 4.21 Å². The first-order valence-electron chi connectivity index (χ1n) is 8.12. The fraction of sp³-hybridized carbons (Fsp3) is 0.294. The number of piperidine rings is 1. The molecule has 1 aromatic carbocycles. The molecule has 3 N–H and O–H groups in total. The van der Waals surface area contributed by atoms with Crippen molar-refractivity contribution >= 4 is 38.9 Å². The molecule has 2 heterocycles. The van der Waals surface area contributed by atoms with Gasteiger partial charge in [0.15, 0.2) is 0 Å². The molecule has 2 aromatic rings. The van der Waals surface area contributed by atoms with E-state index in [1.54, 1.807) is 35.7 Å². The molecule has 1 atom stereocenters. The Labute approximate surface area is 155 Å². The quantitative estimate of drug-likeness (QED) is 0.808. The average Bonchev–Trinajstić information content (AvgIpc) is 3.17. The van der Waals surface area contributed by atoms with Gasteiger partial charge in [0, 0.05) is 24.3 Å². The van der Waals surface area contributed by atoms with Crippen LogP contribution in [0.15, 0.2) is 46.0 Å². The highest BCUT2D eigenvalue weighted by Crippen LogP contribution is 2.27. The number of nitrogens with zero attached hydrogens (tertiary/aromatic N) is 1. The lowest BCUT2D eigenvalue weighted by Gasteiger charge is -2.30. The van der Waals surface area contributed by atoms with Crippen molar-refractivity contribution in [3.63, 3.8) is 0 Å². The third-order valence-corrected chi connectivity index (χ3v) is 7.50. The van der Waals surface area contributed by atoms with Crippen LogP contribution in [-0.4, -0.2) is 37.6 Å². The molecule has 1 aliphatic heterocycles. The van der Waals surface area contributed by atoms with E-state index in [0.717, 1.165) is 0 Å². The molecular weight excluding hydrogens is 374 g/mol. The maximum absolute atomic E-state index is 12.6. The van der Waals surface area contributed by atoms with Gasteiger partial charge in [-0.15, -0.1) is 11.3 Å². The summed E-state index contributed by atoms with van der Waals surface area (Å²) in [5.41, 5.74) is 6.01. The fourth-order valence-corrected chi connectivity index (χ4v) is 5.58. The number of anilines is 1. The zero-order chi connectivity index (χ0) is 18.7. The normalized spacial score (nSPS) is 18.4. The lowest BCUT2D eigenvalue weighted by atomic mass is 9.98. The minimum atomic E-state index is -3.57. The van der Waals surface area contributed by atoms with Crippen LogP contribution < -0.4 is 11.1 Å². The van der Waals surface area contributed by atoms with Crippen LogP contribution in [0.5, 0.6) is 0 Å². The number of primary amides is 1. The first kappa shape index (κ1) is 18.6. The van der Waals surface area contributed by atoms with Gasteiger partial charge in [0.2, 0.25) is 11.8 Å². The molecule has 0 spiro atoms. The van der Waals surface area contributed by atoms with Gasteiger partial charge in [0.25, 0.3) is 10.0 Å². The van der Waals surface area contributed by atoms with Gasteiger partial charge in [-0.2, -0.15) is 4.31 Å². The lowest BCUT2D eigenvalue weighted by Crippen LogP contribution is -2.43. The van der Waals surface area contributed by atoms with E-state index in [2.05, 4.69) is 5.32 Å². The van der Waals surface area contributed by atoms with Gasteiger partial charge in [-0.25, -0.2) is 8.42 Å². The molecule has 0 saturated carbocycles. The number of carbonyl (C=O) groups excluding carboxylic acids is 2. The van der Waals surface area contributed by atoms with E-state index in [0.29, 0.717) is 30.6 Å². The summed E-state index contributed by atoms with van der Waals surface area (Å²) in [6.45, 7) is 0.544. The van der Waals surface area contributed by atoms with E-state index >= 15 is 0 Å². The number of carbonyl (C=O) groups is 2. The van der Waals surface area contributed by atoms with Crippen molar-refractivity contribution in [2.75, 3.05) is 18.4 Å². The first-order valence-corrected chi connectivity index (χ1v) is 10.4. The number of nitrogens with one attached hydrogen (secondary N) is 1. The van der Waals surface area contributed by atoms with E-state index in [1.807, 2.05) is 0 Å². The molecular formula is C17H19N3O4S2. The van der Waals surface area contributed by atoms with Crippen LogP contribution in [0.2, 0.25) is 0 Å². The molecule has 0 radical (unpaired) electrons. The summed E-state index contributed by atoms with van der Waals surface area (Å²) in [6, 6.07) is 9.62. The predicted molar refractivity (Wildman–Crippen MR) is 99.4 cm³/mol. The second-order valence-electron chi connectivity index (χ2n) is 6.07. The number of hydrogen-bond donors (Lipinski definition) is 2. The number of benzene rings is 1. The molecule has 2 amide bonds. The standard InChI is InChI=1S/C17H19N3O4S2/c18-16(21)12-4-1-6-14(10-12)19-17(22)13-5-2-8-20(11-13)26(23,24)15-7-3-9-25-15/h1,3-4,6-7,9-10,13H,2,5,8,11H2,(H2,18,21)(H,19,22)/t13-/m1/s1. The van der Waals surface area contributed by atoms with Crippen LogP contribution in [0.4, 0.5) is 5.69 Å². The van der Waals surface area contributed by atoms with Crippen molar-refractivity contribution in [3.05, 3.63) is 47.3 Å². The molecule has 0 bridgehead atoms. The Kier molecular flexibility index (Phi) is 5.40. The van der Waals surface area contributed by atoms with Gasteiger partial charge in [0.05, 0.1) is 5.92 Å². The van der Waals surface area contributed by atoms with E-state index in [1.165, 1.54) is 21.7 Å². The maximum Gasteiger partial charge on any atom is 0.252 e. The Morgan fingerprint density at radius 1 is 1.23 bits per heavy atom. The Morgan fingerprint density at radius 2 is 2.04 bits per heavy atom.